The molecule has 0 unspecified atom stereocenters. The van der Waals surface area contributed by atoms with Crippen LogP contribution in [0.1, 0.15) is 0 Å². The molecule has 15 heavy (non-hydrogen) atoms. The lowest BCUT2D eigenvalue weighted by atomic mass is 10.1. The van der Waals surface area contributed by atoms with Gasteiger partial charge >= 0.3 is 0 Å². The van der Waals surface area contributed by atoms with Crippen LogP contribution in [0.2, 0.25) is 0 Å². The van der Waals surface area contributed by atoms with Crippen LogP contribution in [-0.2, 0) is 0 Å². The minimum atomic E-state index is 0.696. The van der Waals surface area contributed by atoms with E-state index in [0.29, 0.717) is 5.69 Å². The number of nitrogens with two attached hydrogens (primary N) is 1. The summed E-state index contributed by atoms with van der Waals surface area (Å²) >= 11 is 2.30. The summed E-state index contributed by atoms with van der Waals surface area (Å²) in [4.78, 5) is 0. The van der Waals surface area contributed by atoms with E-state index in [2.05, 4.69) is 28.7 Å². The molecule has 3 rings (SSSR count). The summed E-state index contributed by atoms with van der Waals surface area (Å²) < 4.78 is 6.90. The van der Waals surface area contributed by atoms with Crippen molar-refractivity contribution >= 4 is 50.2 Å². The molecule has 2 N–H and O–H groups in total. The zero-order valence-corrected chi connectivity index (χ0v) is 9.99. The summed E-state index contributed by atoms with van der Waals surface area (Å²) in [5.74, 6) is 0. The third kappa shape index (κ3) is 1.23. The smallest absolute Gasteiger partial charge is 0.159 e. The van der Waals surface area contributed by atoms with Gasteiger partial charge in [0.25, 0.3) is 0 Å². The number of anilines is 1. The average Bonchev–Trinajstić information content (AvgIpc) is 2.64. The predicted molar refractivity (Wildman–Crippen MR) is 70.8 cm³/mol. The van der Waals surface area contributed by atoms with Gasteiger partial charge in [-0.1, -0.05) is 18.2 Å². The van der Waals surface area contributed by atoms with Gasteiger partial charge in [-0.05, 0) is 40.8 Å². The zero-order valence-electron chi connectivity index (χ0n) is 7.83. The number of nitrogen functional groups attached to an aromatic ring is 1. The van der Waals surface area contributed by atoms with Crippen molar-refractivity contribution in [2.75, 3.05) is 5.73 Å². The van der Waals surface area contributed by atoms with Gasteiger partial charge in [-0.3, -0.25) is 0 Å². The lowest BCUT2D eigenvalue weighted by Gasteiger charge is -1.96. The highest BCUT2D eigenvalue weighted by atomic mass is 127. The largest absolute Gasteiger partial charge is 0.454 e. The highest BCUT2D eigenvalue weighted by molar-refractivity contribution is 14.1. The van der Waals surface area contributed by atoms with E-state index < -0.39 is 0 Å². The van der Waals surface area contributed by atoms with Gasteiger partial charge in [0.05, 0.1) is 5.69 Å². The normalized spacial score (nSPS) is 11.3. The second kappa shape index (κ2) is 3.13. The van der Waals surface area contributed by atoms with E-state index in [1.165, 1.54) is 3.57 Å². The maximum absolute atomic E-state index is 5.89. The van der Waals surface area contributed by atoms with Gasteiger partial charge in [0.15, 0.2) is 5.58 Å². The van der Waals surface area contributed by atoms with Crippen LogP contribution >= 0.6 is 22.6 Å². The van der Waals surface area contributed by atoms with Crippen molar-refractivity contribution in [3.8, 4) is 0 Å². The molecule has 0 aliphatic rings. The van der Waals surface area contributed by atoms with Gasteiger partial charge in [0.1, 0.15) is 5.58 Å². The molecule has 74 valence electrons. The summed E-state index contributed by atoms with van der Waals surface area (Å²) in [5, 5.41) is 2.25. The Bertz CT molecular complexity index is 657. The van der Waals surface area contributed by atoms with Crippen LogP contribution < -0.4 is 5.73 Å². The quantitative estimate of drug-likeness (QED) is 0.507. The molecule has 1 heterocycles. The van der Waals surface area contributed by atoms with Crippen molar-refractivity contribution in [2.24, 2.45) is 0 Å². The topological polar surface area (TPSA) is 39.2 Å². The van der Waals surface area contributed by atoms with Crippen molar-refractivity contribution in [2.45, 2.75) is 0 Å². The van der Waals surface area contributed by atoms with Gasteiger partial charge in [0.2, 0.25) is 0 Å². The Labute approximate surface area is 100 Å². The van der Waals surface area contributed by atoms with Crippen LogP contribution in [-0.4, -0.2) is 0 Å². The van der Waals surface area contributed by atoms with Crippen molar-refractivity contribution in [3.63, 3.8) is 0 Å². The highest BCUT2D eigenvalue weighted by Crippen LogP contribution is 2.34. The van der Waals surface area contributed by atoms with Crippen molar-refractivity contribution in [1.29, 1.82) is 0 Å². The lowest BCUT2D eigenvalue weighted by molar-refractivity contribution is 0.670. The first-order chi connectivity index (χ1) is 7.27. The van der Waals surface area contributed by atoms with Crippen LogP contribution in [0.3, 0.4) is 0 Å². The second-order valence-corrected chi connectivity index (χ2v) is 4.60. The van der Waals surface area contributed by atoms with Gasteiger partial charge in [-0.15, -0.1) is 0 Å². The number of hydrogen-bond donors (Lipinski definition) is 1. The Hall–Kier alpha value is -1.23. The molecule has 0 amide bonds. The SMILES string of the molecule is Nc1ccc(I)c2c1oc1ccccc12. The van der Waals surface area contributed by atoms with Crippen LogP contribution in [0.15, 0.2) is 40.8 Å². The van der Waals surface area contributed by atoms with E-state index in [1.54, 1.807) is 0 Å². The van der Waals surface area contributed by atoms with Crippen LogP contribution in [0.4, 0.5) is 5.69 Å². The number of hydrogen-bond acceptors (Lipinski definition) is 2. The maximum atomic E-state index is 5.89. The average molecular weight is 309 g/mol. The number of halogens is 1. The van der Waals surface area contributed by atoms with Crippen LogP contribution in [0, 0.1) is 3.57 Å². The highest BCUT2D eigenvalue weighted by Gasteiger charge is 2.11. The van der Waals surface area contributed by atoms with Crippen molar-refractivity contribution in [1.82, 2.24) is 0 Å². The minimum absolute atomic E-state index is 0.696. The van der Waals surface area contributed by atoms with E-state index in [4.69, 9.17) is 10.2 Å². The number of rotatable bonds is 0. The lowest BCUT2D eigenvalue weighted by Crippen LogP contribution is -1.85. The Morgan fingerprint density at radius 2 is 1.87 bits per heavy atom. The summed E-state index contributed by atoms with van der Waals surface area (Å²) in [7, 11) is 0. The molecule has 0 saturated heterocycles. The molecule has 0 saturated carbocycles. The van der Waals surface area contributed by atoms with Gasteiger partial charge in [-0.25, -0.2) is 0 Å². The molecule has 1 aromatic heterocycles. The molecule has 0 aliphatic carbocycles. The first-order valence-electron chi connectivity index (χ1n) is 4.62. The molecule has 0 atom stereocenters. The summed E-state index contributed by atoms with van der Waals surface area (Å²) in [5.41, 5.74) is 8.27. The third-order valence-electron chi connectivity index (χ3n) is 2.51. The van der Waals surface area contributed by atoms with E-state index in [9.17, 15) is 0 Å². The molecule has 3 heteroatoms. The van der Waals surface area contributed by atoms with E-state index in [0.717, 1.165) is 21.9 Å². The molecule has 0 bridgehead atoms. The standard InChI is InChI=1S/C12H8INO/c13-8-5-6-9(14)12-11(8)7-3-1-2-4-10(7)15-12/h1-6H,14H2. The molecule has 2 aromatic carbocycles. The molecular formula is C12H8INO. The fourth-order valence-electron chi connectivity index (χ4n) is 1.81. The monoisotopic (exact) mass is 309 g/mol. The Morgan fingerprint density at radius 1 is 1.07 bits per heavy atom. The van der Waals surface area contributed by atoms with Gasteiger partial charge < -0.3 is 10.2 Å². The number of furan rings is 1. The molecule has 3 aromatic rings. The summed E-state index contributed by atoms with van der Waals surface area (Å²) in [6.45, 7) is 0. The van der Waals surface area contributed by atoms with Gasteiger partial charge in [-0.2, -0.15) is 0 Å². The summed E-state index contributed by atoms with van der Waals surface area (Å²) in [6, 6.07) is 11.9. The third-order valence-corrected chi connectivity index (χ3v) is 3.40. The molecule has 0 fully saturated rings. The molecule has 0 spiro atoms. The van der Waals surface area contributed by atoms with Crippen molar-refractivity contribution in [3.05, 3.63) is 40.0 Å². The molecule has 0 radical (unpaired) electrons. The maximum Gasteiger partial charge on any atom is 0.159 e. The van der Waals surface area contributed by atoms with E-state index in [1.807, 2.05) is 30.3 Å². The number of fused-ring (bicyclic) bond motifs is 3. The zero-order chi connectivity index (χ0) is 10.4. The fraction of sp³-hybridized carbons (Fsp3) is 0. The van der Waals surface area contributed by atoms with Crippen molar-refractivity contribution < 1.29 is 4.42 Å². The Balaban J connectivity index is 2.66. The van der Waals surface area contributed by atoms with E-state index in [-0.39, 0.29) is 0 Å². The molecule has 0 aliphatic heterocycles. The van der Waals surface area contributed by atoms with Crippen LogP contribution in [0.5, 0.6) is 0 Å². The first-order valence-corrected chi connectivity index (χ1v) is 5.70. The minimum Gasteiger partial charge on any atom is -0.454 e. The molecule has 2 nitrogen and oxygen atoms in total. The second-order valence-electron chi connectivity index (χ2n) is 3.44. The Kier molecular flexibility index (Phi) is 1.88. The predicted octanol–water partition coefficient (Wildman–Crippen LogP) is 3.77. The fourth-order valence-corrected chi connectivity index (χ4v) is 2.52. The number of benzene rings is 2. The Morgan fingerprint density at radius 3 is 2.73 bits per heavy atom. The summed E-state index contributed by atoms with van der Waals surface area (Å²) in [6.07, 6.45) is 0. The van der Waals surface area contributed by atoms with E-state index >= 15 is 0 Å². The van der Waals surface area contributed by atoms with Crippen LogP contribution in [0.25, 0.3) is 21.9 Å². The molecular weight excluding hydrogens is 301 g/mol. The first kappa shape index (κ1) is 9.03. The van der Waals surface area contributed by atoms with Gasteiger partial charge in [0, 0.05) is 14.3 Å². The number of para-hydroxylation sites is 1.